The minimum atomic E-state index is -0.376. The first-order valence-corrected chi connectivity index (χ1v) is 10.0. The highest BCUT2D eigenvalue weighted by atomic mass is 15.3. The van der Waals surface area contributed by atoms with Gasteiger partial charge >= 0.3 is 0 Å². The fourth-order valence-electron chi connectivity index (χ4n) is 3.36. The van der Waals surface area contributed by atoms with Gasteiger partial charge in [0.1, 0.15) is 0 Å². The average Bonchev–Trinajstić information content (AvgIpc) is 2.79. The molecule has 0 atom stereocenters. The Morgan fingerprint density at radius 3 is 2.42 bits per heavy atom. The smallest absolute Gasteiger partial charge is 0.225 e. The third kappa shape index (κ3) is 4.36. The summed E-state index contributed by atoms with van der Waals surface area (Å²) in [7, 11) is 0. The molecule has 156 valence electrons. The molecule has 4 aromatic rings. The molecule has 0 bridgehead atoms. The number of hydrogen-bond acceptors (Lipinski definition) is 7. The van der Waals surface area contributed by atoms with Crippen molar-refractivity contribution in [1.29, 1.82) is 0 Å². The van der Waals surface area contributed by atoms with Crippen LogP contribution in [0.5, 0.6) is 0 Å². The van der Waals surface area contributed by atoms with Crippen LogP contribution in [-0.2, 0) is 0 Å². The molecule has 4 N–H and O–H groups in total. The van der Waals surface area contributed by atoms with Gasteiger partial charge in [-0.3, -0.25) is 10.4 Å². The van der Waals surface area contributed by atoms with E-state index >= 15 is 0 Å². The second-order valence-corrected chi connectivity index (χ2v) is 7.90. The summed E-state index contributed by atoms with van der Waals surface area (Å²) in [6.45, 7) is 8.02. The van der Waals surface area contributed by atoms with Crippen molar-refractivity contribution >= 4 is 29.3 Å². The summed E-state index contributed by atoms with van der Waals surface area (Å²) in [5.74, 6) is 1.01. The number of anilines is 2. The fraction of sp³-hybridized carbons (Fsp3) is 0.167. The molecule has 7 nitrogen and oxygen atoms in total. The Bertz CT molecular complexity index is 1220. The summed E-state index contributed by atoms with van der Waals surface area (Å²) in [6.07, 6.45) is 3.49. The molecule has 2 aromatic heterocycles. The molecule has 2 heterocycles. The van der Waals surface area contributed by atoms with E-state index in [9.17, 15) is 0 Å². The number of hydrazone groups is 1. The van der Waals surface area contributed by atoms with Crippen LogP contribution in [0.25, 0.3) is 33.2 Å². The topological polar surface area (TPSA) is 101 Å². The van der Waals surface area contributed by atoms with Gasteiger partial charge in [-0.25, -0.2) is 4.98 Å². The highest BCUT2D eigenvalue weighted by Crippen LogP contribution is 2.38. The zero-order valence-electron chi connectivity index (χ0n) is 17.6. The molecule has 0 saturated heterocycles. The molecule has 0 unspecified atom stereocenters. The molecular weight excluding hydrogens is 386 g/mol. The van der Waals surface area contributed by atoms with E-state index < -0.39 is 0 Å². The molecule has 0 aliphatic heterocycles. The quantitative estimate of drug-likeness (QED) is 0.305. The third-order valence-corrected chi connectivity index (χ3v) is 5.05. The molecule has 0 radical (unpaired) electrons. The SMILES string of the molecule is C=NNc1nc(NC(C)(C)CN)nc(-c2ccncc2)c1-c1ccc2ccccc2c1. The van der Waals surface area contributed by atoms with E-state index in [1.165, 1.54) is 0 Å². The van der Waals surface area contributed by atoms with E-state index in [1.54, 1.807) is 12.4 Å². The monoisotopic (exact) mass is 411 g/mol. The lowest BCUT2D eigenvalue weighted by molar-refractivity contribution is 0.574. The molecule has 0 spiro atoms. The van der Waals surface area contributed by atoms with Crippen LogP contribution in [0, 0.1) is 0 Å². The summed E-state index contributed by atoms with van der Waals surface area (Å²) in [6, 6.07) is 18.4. The predicted octanol–water partition coefficient (Wildman–Crippen LogP) is 4.54. The summed E-state index contributed by atoms with van der Waals surface area (Å²) in [4.78, 5) is 13.7. The Hall–Kier alpha value is -3.84. The minimum absolute atomic E-state index is 0.376. The molecular formula is C24H25N7. The van der Waals surface area contributed by atoms with Crippen molar-refractivity contribution in [3.05, 3.63) is 67.0 Å². The van der Waals surface area contributed by atoms with Crippen molar-refractivity contribution in [3.63, 3.8) is 0 Å². The predicted molar refractivity (Wildman–Crippen MR) is 128 cm³/mol. The van der Waals surface area contributed by atoms with Crippen LogP contribution in [0.3, 0.4) is 0 Å². The van der Waals surface area contributed by atoms with Gasteiger partial charge in [0.25, 0.3) is 0 Å². The van der Waals surface area contributed by atoms with E-state index in [4.69, 9.17) is 15.7 Å². The first-order chi connectivity index (χ1) is 15.0. The molecule has 2 aromatic carbocycles. The van der Waals surface area contributed by atoms with Gasteiger partial charge in [-0.05, 0) is 48.4 Å². The van der Waals surface area contributed by atoms with Gasteiger partial charge in [0.05, 0.1) is 11.3 Å². The maximum Gasteiger partial charge on any atom is 0.225 e. The highest BCUT2D eigenvalue weighted by Gasteiger charge is 2.22. The normalized spacial score (nSPS) is 11.3. The maximum atomic E-state index is 5.90. The van der Waals surface area contributed by atoms with E-state index in [0.29, 0.717) is 18.3 Å². The zero-order valence-corrected chi connectivity index (χ0v) is 17.6. The van der Waals surface area contributed by atoms with Crippen LogP contribution in [0.1, 0.15) is 13.8 Å². The molecule has 0 aliphatic carbocycles. The van der Waals surface area contributed by atoms with Gasteiger partial charge in [-0.15, -0.1) is 0 Å². The van der Waals surface area contributed by atoms with E-state index in [0.717, 1.165) is 33.2 Å². The standard InChI is InChI=1S/C24H25N7/c1-24(2,15-25)30-23-28-21(17-10-12-27-13-11-17)20(22(29-23)31-26-3)19-9-8-16-6-4-5-7-18(16)14-19/h4-14H,3,15,25H2,1-2H3,(H2,28,29,30,31). The minimum Gasteiger partial charge on any atom is -0.348 e. The first-order valence-electron chi connectivity index (χ1n) is 10.0. The summed E-state index contributed by atoms with van der Waals surface area (Å²) in [5.41, 5.74) is 12.0. The van der Waals surface area contributed by atoms with Gasteiger partial charge in [0, 0.05) is 36.8 Å². The number of nitrogens with zero attached hydrogens (tertiary/aromatic N) is 4. The lowest BCUT2D eigenvalue weighted by Crippen LogP contribution is -2.39. The number of benzene rings is 2. The average molecular weight is 412 g/mol. The number of fused-ring (bicyclic) bond motifs is 1. The van der Waals surface area contributed by atoms with Crippen molar-refractivity contribution in [1.82, 2.24) is 15.0 Å². The highest BCUT2D eigenvalue weighted by molar-refractivity contribution is 5.94. The van der Waals surface area contributed by atoms with Crippen LogP contribution < -0.4 is 16.5 Å². The van der Waals surface area contributed by atoms with Crippen molar-refractivity contribution in [2.45, 2.75) is 19.4 Å². The number of rotatable bonds is 7. The summed E-state index contributed by atoms with van der Waals surface area (Å²) >= 11 is 0. The molecule has 7 heteroatoms. The Labute approximate surface area is 181 Å². The van der Waals surface area contributed by atoms with Crippen molar-refractivity contribution in [2.24, 2.45) is 10.8 Å². The lowest BCUT2D eigenvalue weighted by atomic mass is 9.97. The van der Waals surface area contributed by atoms with E-state index in [-0.39, 0.29) is 5.54 Å². The van der Waals surface area contributed by atoms with Crippen LogP contribution >= 0.6 is 0 Å². The van der Waals surface area contributed by atoms with Gasteiger partial charge in [-0.2, -0.15) is 10.1 Å². The zero-order chi connectivity index (χ0) is 21.8. The molecule has 4 rings (SSSR count). The second-order valence-electron chi connectivity index (χ2n) is 7.90. The number of nitrogens with two attached hydrogens (primary N) is 1. The van der Waals surface area contributed by atoms with Crippen molar-refractivity contribution in [3.8, 4) is 22.4 Å². The second kappa shape index (κ2) is 8.49. The van der Waals surface area contributed by atoms with Gasteiger partial charge in [0.15, 0.2) is 5.82 Å². The first kappa shape index (κ1) is 20.4. The van der Waals surface area contributed by atoms with Crippen molar-refractivity contribution in [2.75, 3.05) is 17.3 Å². The third-order valence-electron chi connectivity index (χ3n) is 5.05. The Morgan fingerprint density at radius 2 is 1.71 bits per heavy atom. The molecule has 0 amide bonds. The Balaban J connectivity index is 1.97. The van der Waals surface area contributed by atoms with Crippen LogP contribution in [0.4, 0.5) is 11.8 Å². The van der Waals surface area contributed by atoms with E-state index in [1.807, 2.05) is 38.1 Å². The Kier molecular flexibility index (Phi) is 5.60. The van der Waals surface area contributed by atoms with Gasteiger partial charge in [0.2, 0.25) is 5.95 Å². The molecule has 31 heavy (non-hydrogen) atoms. The molecule has 0 fully saturated rings. The van der Waals surface area contributed by atoms with Crippen LogP contribution in [0.15, 0.2) is 72.1 Å². The van der Waals surface area contributed by atoms with Gasteiger partial charge in [-0.1, -0.05) is 36.4 Å². The molecule has 0 aliphatic rings. The summed E-state index contributed by atoms with van der Waals surface area (Å²) < 4.78 is 0. The van der Waals surface area contributed by atoms with Gasteiger partial charge < -0.3 is 11.1 Å². The van der Waals surface area contributed by atoms with Crippen LogP contribution in [-0.4, -0.2) is 33.8 Å². The van der Waals surface area contributed by atoms with Crippen molar-refractivity contribution < 1.29 is 0 Å². The van der Waals surface area contributed by atoms with E-state index in [2.05, 4.69) is 57.9 Å². The lowest BCUT2D eigenvalue weighted by Gasteiger charge is -2.25. The maximum absolute atomic E-state index is 5.90. The molecule has 0 saturated carbocycles. The summed E-state index contributed by atoms with van der Waals surface area (Å²) in [5, 5.41) is 9.51. The Morgan fingerprint density at radius 1 is 0.968 bits per heavy atom. The number of aromatic nitrogens is 3. The number of pyridine rings is 1. The van der Waals surface area contributed by atoms with Crippen LogP contribution in [0.2, 0.25) is 0 Å². The number of hydrogen-bond donors (Lipinski definition) is 3. The number of nitrogens with one attached hydrogen (secondary N) is 2. The fourth-order valence-corrected chi connectivity index (χ4v) is 3.36. The largest absolute Gasteiger partial charge is 0.348 e.